The van der Waals surface area contributed by atoms with E-state index in [2.05, 4.69) is 110 Å². The van der Waals surface area contributed by atoms with Gasteiger partial charge in [0.05, 0.1) is 24.8 Å². The van der Waals surface area contributed by atoms with Gasteiger partial charge in [0, 0.05) is 16.3 Å². The highest BCUT2D eigenvalue weighted by molar-refractivity contribution is 6.89. The summed E-state index contributed by atoms with van der Waals surface area (Å²) in [4.78, 5) is 0. The number of fused-ring (bicyclic) bond motifs is 3. The number of rotatable bonds is 12. The van der Waals surface area contributed by atoms with Gasteiger partial charge in [-0.2, -0.15) is 0 Å². The van der Waals surface area contributed by atoms with Gasteiger partial charge >= 0.3 is 0 Å². The zero-order valence-electron chi connectivity index (χ0n) is 23.9. The monoisotopic (exact) mass is 533 g/mol. The molecule has 0 aliphatic carbocycles. The summed E-state index contributed by atoms with van der Waals surface area (Å²) in [6.07, 6.45) is 10.8. The Bertz CT molecular complexity index is 1480. The van der Waals surface area contributed by atoms with Crippen molar-refractivity contribution in [2.24, 2.45) is 0 Å². The van der Waals surface area contributed by atoms with Crippen molar-refractivity contribution in [1.82, 2.24) is 4.57 Å². The average molecular weight is 534 g/mol. The molecule has 2 nitrogen and oxygen atoms in total. The summed E-state index contributed by atoms with van der Waals surface area (Å²) in [5.41, 5.74) is 5.15. The van der Waals surface area contributed by atoms with Crippen LogP contribution in [-0.2, 0) is 0 Å². The summed E-state index contributed by atoms with van der Waals surface area (Å²) < 4.78 is 2.27. The number of aromatic hydroxyl groups is 1. The molecule has 0 saturated heterocycles. The maximum Gasteiger partial charge on any atom is 0.147 e. The van der Waals surface area contributed by atoms with Crippen molar-refractivity contribution in [2.75, 3.05) is 0 Å². The molecule has 0 bridgehead atoms. The van der Waals surface area contributed by atoms with Gasteiger partial charge in [0.1, 0.15) is 5.75 Å². The molecular weight excluding hydrogens is 490 g/mol. The molecule has 0 atom stereocenters. The molecule has 39 heavy (non-hydrogen) atoms. The molecule has 0 amide bonds. The second kappa shape index (κ2) is 12.3. The van der Waals surface area contributed by atoms with E-state index in [1.807, 2.05) is 6.07 Å². The van der Waals surface area contributed by atoms with Crippen molar-refractivity contribution in [3.63, 3.8) is 0 Å². The summed E-state index contributed by atoms with van der Waals surface area (Å²) in [6, 6.07) is 33.4. The molecule has 0 saturated carbocycles. The Labute approximate surface area is 235 Å². The molecule has 5 aromatic rings. The Balaban J connectivity index is 1.55. The van der Waals surface area contributed by atoms with Crippen molar-refractivity contribution >= 4 is 35.1 Å². The van der Waals surface area contributed by atoms with Crippen LogP contribution in [0.2, 0.25) is 19.1 Å². The van der Waals surface area contributed by atoms with Crippen LogP contribution < -0.4 is 5.19 Å². The second-order valence-electron chi connectivity index (χ2n) is 11.7. The van der Waals surface area contributed by atoms with E-state index in [1.165, 1.54) is 73.4 Å². The first-order valence-electron chi connectivity index (χ1n) is 14.9. The molecule has 0 spiro atoms. The van der Waals surface area contributed by atoms with E-state index in [-0.39, 0.29) is 0 Å². The number of unbranched alkanes of at least 4 members (excludes halogenated alkanes) is 7. The number of hydrogen-bond donors (Lipinski definition) is 1. The van der Waals surface area contributed by atoms with E-state index in [0.29, 0.717) is 5.75 Å². The van der Waals surface area contributed by atoms with Crippen molar-refractivity contribution in [1.29, 1.82) is 0 Å². The van der Waals surface area contributed by atoms with Crippen LogP contribution >= 0.6 is 0 Å². The fraction of sp³-hybridized carbons (Fsp3) is 0.333. The number of hydrogen-bond acceptors (Lipinski definition) is 1. The van der Waals surface area contributed by atoms with Crippen molar-refractivity contribution in [3.05, 3.63) is 91.0 Å². The summed E-state index contributed by atoms with van der Waals surface area (Å²) >= 11 is 0. The van der Waals surface area contributed by atoms with Gasteiger partial charge in [-0.3, -0.25) is 0 Å². The van der Waals surface area contributed by atoms with E-state index in [0.717, 1.165) is 27.8 Å². The molecule has 1 heterocycles. The SMILES string of the molecule is CCCCCCCCCC[Si](C)(C)c1cc(-c2ccccc2)c(O)c(-n2c3ccccc3c3ccccc32)c1. The summed E-state index contributed by atoms with van der Waals surface area (Å²) in [7, 11) is -1.75. The lowest BCUT2D eigenvalue weighted by Gasteiger charge is -2.26. The van der Waals surface area contributed by atoms with Crippen molar-refractivity contribution in [3.8, 4) is 22.6 Å². The summed E-state index contributed by atoms with van der Waals surface area (Å²) in [6.45, 7) is 7.29. The van der Waals surface area contributed by atoms with Crippen LogP contribution in [0.4, 0.5) is 0 Å². The molecule has 1 aromatic heterocycles. The molecule has 0 aliphatic rings. The van der Waals surface area contributed by atoms with Crippen LogP contribution in [0, 0.1) is 0 Å². The number of phenolic OH excluding ortho intramolecular Hbond substituents is 1. The first kappa shape index (κ1) is 27.3. The molecule has 0 unspecified atom stereocenters. The highest BCUT2D eigenvalue weighted by atomic mass is 28.3. The Morgan fingerprint density at radius 2 is 1.18 bits per heavy atom. The van der Waals surface area contributed by atoms with Crippen LogP contribution in [0.3, 0.4) is 0 Å². The maximum atomic E-state index is 11.9. The minimum absolute atomic E-state index is 0.355. The molecular formula is C36H43NOSi. The molecule has 0 fully saturated rings. The van der Waals surface area contributed by atoms with E-state index in [1.54, 1.807) is 0 Å². The number of nitrogens with zero attached hydrogens (tertiary/aromatic N) is 1. The van der Waals surface area contributed by atoms with Gasteiger partial charge in [-0.05, 0) is 23.8 Å². The molecule has 0 aliphatic heterocycles. The standard InChI is InChI=1S/C36H43NOSi/c1-4-5-6-7-8-9-10-18-25-39(2,3)29-26-32(28-19-12-11-13-20-28)36(38)35(27-29)37-33-23-16-14-21-30(33)31-22-15-17-24-34(31)37/h11-17,19-24,26-27,38H,4-10,18,25H2,1-3H3. The van der Waals surface area contributed by atoms with Crippen LogP contribution in [0.1, 0.15) is 58.3 Å². The summed E-state index contributed by atoms with van der Waals surface area (Å²) in [5.74, 6) is 0.355. The quantitative estimate of drug-likeness (QED) is 0.125. The lowest BCUT2D eigenvalue weighted by atomic mass is 10.0. The number of para-hydroxylation sites is 2. The Hall–Kier alpha value is -3.30. The number of aromatic nitrogens is 1. The Morgan fingerprint density at radius 3 is 1.79 bits per heavy atom. The van der Waals surface area contributed by atoms with E-state index < -0.39 is 8.07 Å². The third-order valence-electron chi connectivity index (χ3n) is 8.43. The molecule has 3 heteroatoms. The first-order valence-corrected chi connectivity index (χ1v) is 18.1. The van der Waals surface area contributed by atoms with Gasteiger partial charge < -0.3 is 9.67 Å². The zero-order chi connectivity index (χ0) is 27.2. The highest BCUT2D eigenvalue weighted by Crippen LogP contribution is 2.39. The Morgan fingerprint density at radius 1 is 0.641 bits per heavy atom. The molecule has 0 radical (unpaired) electrons. The van der Waals surface area contributed by atoms with Crippen LogP contribution in [0.15, 0.2) is 91.0 Å². The normalized spacial score (nSPS) is 12.0. The maximum absolute atomic E-state index is 11.9. The Kier molecular flexibility index (Phi) is 8.57. The predicted molar refractivity (Wildman–Crippen MR) is 172 cm³/mol. The second-order valence-corrected chi connectivity index (χ2v) is 16.6. The smallest absolute Gasteiger partial charge is 0.147 e. The zero-order valence-corrected chi connectivity index (χ0v) is 24.9. The van der Waals surface area contributed by atoms with Gasteiger partial charge in [0.2, 0.25) is 0 Å². The number of phenols is 1. The molecule has 1 N–H and O–H groups in total. The lowest BCUT2D eigenvalue weighted by molar-refractivity contribution is 0.475. The van der Waals surface area contributed by atoms with E-state index >= 15 is 0 Å². The largest absolute Gasteiger partial charge is 0.505 e. The fourth-order valence-corrected chi connectivity index (χ4v) is 8.53. The minimum atomic E-state index is -1.75. The predicted octanol–water partition coefficient (Wildman–Crippen LogP) is 10.2. The molecule has 4 aromatic carbocycles. The lowest BCUT2D eigenvalue weighted by Crippen LogP contribution is -2.41. The molecule has 5 rings (SSSR count). The summed E-state index contributed by atoms with van der Waals surface area (Å²) in [5, 5.41) is 15.7. The third kappa shape index (κ3) is 5.84. The van der Waals surface area contributed by atoms with Crippen molar-refractivity contribution in [2.45, 2.75) is 77.4 Å². The van der Waals surface area contributed by atoms with Gasteiger partial charge in [-0.15, -0.1) is 0 Å². The van der Waals surface area contributed by atoms with E-state index in [4.69, 9.17) is 0 Å². The van der Waals surface area contributed by atoms with Gasteiger partial charge in [-0.1, -0.05) is 155 Å². The van der Waals surface area contributed by atoms with Gasteiger partial charge in [-0.25, -0.2) is 0 Å². The highest BCUT2D eigenvalue weighted by Gasteiger charge is 2.27. The van der Waals surface area contributed by atoms with Crippen LogP contribution in [-0.4, -0.2) is 17.7 Å². The fourth-order valence-electron chi connectivity index (χ4n) is 6.05. The van der Waals surface area contributed by atoms with Crippen LogP contribution in [0.25, 0.3) is 38.6 Å². The van der Waals surface area contributed by atoms with Crippen molar-refractivity contribution < 1.29 is 5.11 Å². The average Bonchev–Trinajstić information content (AvgIpc) is 3.29. The third-order valence-corrected chi connectivity index (χ3v) is 11.9. The van der Waals surface area contributed by atoms with Gasteiger partial charge in [0.25, 0.3) is 0 Å². The first-order chi connectivity index (χ1) is 19.0. The number of benzene rings is 4. The topological polar surface area (TPSA) is 25.2 Å². The van der Waals surface area contributed by atoms with Crippen LogP contribution in [0.5, 0.6) is 5.75 Å². The minimum Gasteiger partial charge on any atom is -0.505 e. The van der Waals surface area contributed by atoms with E-state index in [9.17, 15) is 5.11 Å². The van der Waals surface area contributed by atoms with Gasteiger partial charge in [0.15, 0.2) is 0 Å². The molecule has 202 valence electrons.